The Kier molecular flexibility index (Phi) is 6.18. The Hall–Kier alpha value is -1.86. The molecule has 0 fully saturated rings. The normalized spacial score (nSPS) is 10.0. The molecule has 120 valence electrons. The minimum Gasteiger partial charge on any atom is -0.483 e. The molecule has 2 amide bonds. The van der Waals surface area contributed by atoms with Crippen molar-refractivity contribution in [1.29, 1.82) is 0 Å². The van der Waals surface area contributed by atoms with Crippen molar-refractivity contribution in [3.8, 4) is 5.75 Å². The summed E-state index contributed by atoms with van der Waals surface area (Å²) in [5.74, 6) is -0.305. The quantitative estimate of drug-likeness (QED) is 0.715. The summed E-state index contributed by atoms with van der Waals surface area (Å²) in [5, 5.41) is 0. The van der Waals surface area contributed by atoms with Crippen LogP contribution >= 0.6 is 31.9 Å². The summed E-state index contributed by atoms with van der Waals surface area (Å²) in [6.07, 6.45) is 0. The van der Waals surface area contributed by atoms with Crippen LogP contribution in [0.5, 0.6) is 5.75 Å². The first kappa shape index (κ1) is 17.5. The number of hydrazine groups is 1. The van der Waals surface area contributed by atoms with E-state index in [0.29, 0.717) is 11.3 Å². The molecule has 0 aromatic heterocycles. The van der Waals surface area contributed by atoms with E-state index in [0.717, 1.165) is 14.5 Å². The predicted octanol–water partition coefficient (Wildman–Crippen LogP) is 3.36. The highest BCUT2D eigenvalue weighted by Gasteiger charge is 2.09. The molecule has 2 aromatic carbocycles. The molecule has 0 radical (unpaired) electrons. The first-order chi connectivity index (χ1) is 11.0. The Balaban J connectivity index is 1.82. The molecular formula is C16H14Br2N2O3. The summed E-state index contributed by atoms with van der Waals surface area (Å²) in [6, 6.07) is 12.4. The maximum Gasteiger partial charge on any atom is 0.276 e. The molecule has 5 nitrogen and oxygen atoms in total. The van der Waals surface area contributed by atoms with Gasteiger partial charge in [0.15, 0.2) is 6.61 Å². The molecule has 23 heavy (non-hydrogen) atoms. The van der Waals surface area contributed by atoms with Crippen molar-refractivity contribution in [1.82, 2.24) is 10.9 Å². The van der Waals surface area contributed by atoms with E-state index in [1.807, 2.05) is 19.1 Å². The fraction of sp³-hybridized carbons (Fsp3) is 0.125. The highest BCUT2D eigenvalue weighted by molar-refractivity contribution is 9.11. The molecule has 0 saturated carbocycles. The SMILES string of the molecule is Cc1cccc(C(=O)NNC(=O)COc2ccc(Br)cc2Br)c1. The number of hydrogen-bond donors (Lipinski definition) is 2. The molecular weight excluding hydrogens is 428 g/mol. The minimum absolute atomic E-state index is 0.214. The van der Waals surface area contributed by atoms with Crippen LogP contribution in [-0.4, -0.2) is 18.4 Å². The molecule has 0 bridgehead atoms. The number of halogens is 2. The Morgan fingerprint density at radius 2 is 1.87 bits per heavy atom. The van der Waals surface area contributed by atoms with Crippen molar-refractivity contribution in [2.45, 2.75) is 6.92 Å². The Labute approximate surface area is 150 Å². The fourth-order valence-corrected chi connectivity index (χ4v) is 2.92. The maximum atomic E-state index is 11.9. The summed E-state index contributed by atoms with van der Waals surface area (Å²) in [5.41, 5.74) is 6.10. The van der Waals surface area contributed by atoms with Gasteiger partial charge in [0.1, 0.15) is 5.75 Å². The topological polar surface area (TPSA) is 67.4 Å². The molecule has 0 atom stereocenters. The molecule has 0 aliphatic heterocycles. The lowest BCUT2D eigenvalue weighted by Crippen LogP contribution is -2.43. The van der Waals surface area contributed by atoms with Crippen molar-refractivity contribution < 1.29 is 14.3 Å². The van der Waals surface area contributed by atoms with Gasteiger partial charge in [-0.3, -0.25) is 20.4 Å². The Morgan fingerprint density at radius 3 is 2.57 bits per heavy atom. The van der Waals surface area contributed by atoms with E-state index >= 15 is 0 Å². The highest BCUT2D eigenvalue weighted by atomic mass is 79.9. The monoisotopic (exact) mass is 440 g/mol. The molecule has 0 unspecified atom stereocenters. The number of ether oxygens (including phenoxy) is 1. The van der Waals surface area contributed by atoms with Gasteiger partial charge in [-0.05, 0) is 53.2 Å². The molecule has 0 aliphatic rings. The van der Waals surface area contributed by atoms with Gasteiger partial charge in [-0.1, -0.05) is 33.6 Å². The lowest BCUT2D eigenvalue weighted by atomic mass is 10.1. The van der Waals surface area contributed by atoms with Crippen LogP contribution in [0.25, 0.3) is 0 Å². The molecule has 0 saturated heterocycles. The van der Waals surface area contributed by atoms with E-state index in [-0.39, 0.29) is 12.5 Å². The molecule has 2 aromatic rings. The third kappa shape index (κ3) is 5.37. The molecule has 0 aliphatic carbocycles. The molecule has 2 N–H and O–H groups in total. The van der Waals surface area contributed by atoms with Crippen LogP contribution in [0.4, 0.5) is 0 Å². The second kappa shape index (κ2) is 8.12. The van der Waals surface area contributed by atoms with E-state index in [2.05, 4.69) is 42.7 Å². The number of hydrogen-bond acceptors (Lipinski definition) is 3. The Morgan fingerprint density at radius 1 is 1.09 bits per heavy atom. The second-order valence-electron chi connectivity index (χ2n) is 4.74. The van der Waals surface area contributed by atoms with Crippen LogP contribution in [0.1, 0.15) is 15.9 Å². The lowest BCUT2D eigenvalue weighted by Gasteiger charge is -2.10. The van der Waals surface area contributed by atoms with Crippen LogP contribution in [0.2, 0.25) is 0 Å². The molecule has 2 rings (SSSR count). The van der Waals surface area contributed by atoms with Crippen molar-refractivity contribution in [2.24, 2.45) is 0 Å². The maximum absolute atomic E-state index is 11.9. The average Bonchev–Trinajstić information content (AvgIpc) is 2.51. The van der Waals surface area contributed by atoms with Crippen molar-refractivity contribution >= 4 is 43.7 Å². The number of nitrogens with one attached hydrogen (secondary N) is 2. The Bertz CT molecular complexity index is 735. The second-order valence-corrected chi connectivity index (χ2v) is 6.51. The zero-order valence-electron chi connectivity index (χ0n) is 12.2. The summed E-state index contributed by atoms with van der Waals surface area (Å²) < 4.78 is 7.00. The molecule has 0 spiro atoms. The van der Waals surface area contributed by atoms with Gasteiger partial charge < -0.3 is 4.74 Å². The molecule has 0 heterocycles. The van der Waals surface area contributed by atoms with Crippen LogP contribution in [0, 0.1) is 6.92 Å². The number of benzene rings is 2. The summed E-state index contributed by atoms with van der Waals surface area (Å²) in [6.45, 7) is 1.67. The third-order valence-electron chi connectivity index (χ3n) is 2.85. The predicted molar refractivity (Wildman–Crippen MR) is 94.1 cm³/mol. The van der Waals surface area contributed by atoms with Gasteiger partial charge in [0.25, 0.3) is 11.8 Å². The van der Waals surface area contributed by atoms with Gasteiger partial charge in [-0.25, -0.2) is 0 Å². The average molecular weight is 442 g/mol. The summed E-state index contributed by atoms with van der Waals surface area (Å²) >= 11 is 6.67. The van der Waals surface area contributed by atoms with Crippen LogP contribution in [-0.2, 0) is 4.79 Å². The first-order valence-electron chi connectivity index (χ1n) is 6.69. The van der Waals surface area contributed by atoms with Gasteiger partial charge in [0, 0.05) is 10.0 Å². The number of rotatable bonds is 4. The lowest BCUT2D eigenvalue weighted by molar-refractivity contribution is -0.123. The van der Waals surface area contributed by atoms with Gasteiger partial charge in [-0.2, -0.15) is 0 Å². The fourth-order valence-electron chi connectivity index (χ4n) is 1.76. The van der Waals surface area contributed by atoms with Gasteiger partial charge in [0.05, 0.1) is 4.47 Å². The van der Waals surface area contributed by atoms with Crippen molar-refractivity contribution in [3.63, 3.8) is 0 Å². The first-order valence-corrected chi connectivity index (χ1v) is 8.28. The van der Waals surface area contributed by atoms with Crippen LogP contribution in [0.15, 0.2) is 51.4 Å². The minimum atomic E-state index is -0.458. The van der Waals surface area contributed by atoms with E-state index in [4.69, 9.17) is 4.74 Å². The number of carbonyl (C=O) groups excluding carboxylic acids is 2. The van der Waals surface area contributed by atoms with E-state index in [9.17, 15) is 9.59 Å². The molecule has 7 heteroatoms. The van der Waals surface area contributed by atoms with Crippen LogP contribution < -0.4 is 15.6 Å². The number of carbonyl (C=O) groups is 2. The van der Waals surface area contributed by atoms with E-state index in [1.165, 1.54) is 0 Å². The smallest absolute Gasteiger partial charge is 0.276 e. The van der Waals surface area contributed by atoms with Gasteiger partial charge in [0.2, 0.25) is 0 Å². The zero-order chi connectivity index (χ0) is 16.8. The van der Waals surface area contributed by atoms with E-state index in [1.54, 1.807) is 30.3 Å². The zero-order valence-corrected chi connectivity index (χ0v) is 15.4. The number of amides is 2. The van der Waals surface area contributed by atoms with Gasteiger partial charge in [-0.15, -0.1) is 0 Å². The largest absolute Gasteiger partial charge is 0.483 e. The number of aryl methyl sites for hydroxylation is 1. The third-order valence-corrected chi connectivity index (χ3v) is 3.96. The summed E-state index contributed by atoms with van der Waals surface area (Å²) in [4.78, 5) is 23.6. The standard InChI is InChI=1S/C16H14Br2N2O3/c1-10-3-2-4-11(7-10)16(22)20-19-15(21)9-23-14-6-5-12(17)8-13(14)18/h2-8H,9H2,1H3,(H,19,21)(H,20,22). The van der Waals surface area contributed by atoms with E-state index < -0.39 is 5.91 Å². The van der Waals surface area contributed by atoms with Crippen molar-refractivity contribution in [3.05, 3.63) is 62.5 Å². The van der Waals surface area contributed by atoms with Crippen LogP contribution in [0.3, 0.4) is 0 Å². The van der Waals surface area contributed by atoms with Crippen molar-refractivity contribution in [2.75, 3.05) is 6.61 Å². The highest BCUT2D eigenvalue weighted by Crippen LogP contribution is 2.27. The van der Waals surface area contributed by atoms with Gasteiger partial charge >= 0.3 is 0 Å². The summed E-state index contributed by atoms with van der Waals surface area (Å²) in [7, 11) is 0.